The van der Waals surface area contributed by atoms with Crippen LogP contribution in [0.3, 0.4) is 0 Å². The van der Waals surface area contributed by atoms with Crippen LogP contribution in [0.5, 0.6) is 11.5 Å². The van der Waals surface area contributed by atoms with E-state index in [0.29, 0.717) is 26.1 Å². The summed E-state index contributed by atoms with van der Waals surface area (Å²) in [5.41, 5.74) is 5.40. The van der Waals surface area contributed by atoms with E-state index < -0.39 is 0 Å². The van der Waals surface area contributed by atoms with Gasteiger partial charge in [0.25, 0.3) is 0 Å². The minimum Gasteiger partial charge on any atom is -0.497 e. The Labute approximate surface area is 120 Å². The molecule has 0 fully saturated rings. The molecule has 0 spiro atoms. The molecule has 0 radical (unpaired) electrons. The van der Waals surface area contributed by atoms with Gasteiger partial charge in [-0.2, -0.15) is 0 Å². The van der Waals surface area contributed by atoms with Crippen LogP contribution in [0.2, 0.25) is 0 Å². The Morgan fingerprint density at radius 3 is 2.45 bits per heavy atom. The number of amides is 1. The fourth-order valence-corrected chi connectivity index (χ4v) is 1.71. The van der Waals surface area contributed by atoms with Gasteiger partial charge in [-0.25, -0.2) is 0 Å². The van der Waals surface area contributed by atoms with Crippen molar-refractivity contribution in [2.75, 3.05) is 33.9 Å². The summed E-state index contributed by atoms with van der Waals surface area (Å²) in [6, 6.07) is 7.39. The van der Waals surface area contributed by atoms with E-state index in [1.54, 1.807) is 19.1 Å². The van der Waals surface area contributed by atoms with Crippen LogP contribution in [0.1, 0.15) is 19.3 Å². The second-order valence-corrected chi connectivity index (χ2v) is 4.59. The quantitative estimate of drug-likeness (QED) is 0.699. The molecule has 0 aliphatic carbocycles. The molecule has 20 heavy (non-hydrogen) atoms. The van der Waals surface area contributed by atoms with E-state index in [1.165, 1.54) is 0 Å². The summed E-state index contributed by atoms with van der Waals surface area (Å²) < 4.78 is 10.7. The van der Waals surface area contributed by atoms with E-state index in [-0.39, 0.29) is 5.91 Å². The number of hydrogen-bond donors (Lipinski definition) is 1. The number of rotatable bonds is 9. The smallest absolute Gasteiger partial charge is 0.222 e. The van der Waals surface area contributed by atoms with Crippen molar-refractivity contribution < 1.29 is 14.3 Å². The predicted octanol–water partition coefficient (Wildman–Crippen LogP) is 1.66. The molecule has 0 bridgehead atoms. The molecule has 0 heterocycles. The molecule has 112 valence electrons. The molecule has 0 saturated heterocycles. The van der Waals surface area contributed by atoms with E-state index in [9.17, 15) is 4.79 Å². The third kappa shape index (κ3) is 5.93. The lowest BCUT2D eigenvalue weighted by Crippen LogP contribution is -2.30. The number of nitrogens with two attached hydrogens (primary N) is 1. The number of ether oxygens (including phenoxy) is 2. The summed E-state index contributed by atoms with van der Waals surface area (Å²) in [4.78, 5) is 13.5. The van der Waals surface area contributed by atoms with Crippen molar-refractivity contribution >= 4 is 5.91 Å². The van der Waals surface area contributed by atoms with Crippen molar-refractivity contribution in [3.63, 3.8) is 0 Å². The lowest BCUT2D eigenvalue weighted by Gasteiger charge is -2.17. The van der Waals surface area contributed by atoms with Gasteiger partial charge in [-0.1, -0.05) is 0 Å². The second-order valence-electron chi connectivity index (χ2n) is 4.59. The zero-order valence-corrected chi connectivity index (χ0v) is 12.3. The van der Waals surface area contributed by atoms with Gasteiger partial charge < -0.3 is 20.1 Å². The molecule has 0 atom stereocenters. The summed E-state index contributed by atoms with van der Waals surface area (Å²) in [6.45, 7) is 1.69. The standard InChI is InChI=1S/C15H24N2O3/c1-17(15(18)5-3-4-10-16)11-12-20-14-8-6-13(19-2)7-9-14/h6-9H,3-5,10-12,16H2,1-2H3. The first kappa shape index (κ1) is 16.3. The normalized spacial score (nSPS) is 10.2. The van der Waals surface area contributed by atoms with Crippen molar-refractivity contribution in [1.82, 2.24) is 4.90 Å². The summed E-state index contributed by atoms with van der Waals surface area (Å²) >= 11 is 0. The number of methoxy groups -OCH3 is 1. The molecule has 5 heteroatoms. The third-order valence-electron chi connectivity index (χ3n) is 3.03. The maximum atomic E-state index is 11.8. The summed E-state index contributed by atoms with van der Waals surface area (Å²) in [7, 11) is 3.42. The van der Waals surface area contributed by atoms with Crippen LogP contribution in [0.25, 0.3) is 0 Å². The molecule has 1 aromatic rings. The van der Waals surface area contributed by atoms with E-state index in [0.717, 1.165) is 24.3 Å². The lowest BCUT2D eigenvalue weighted by atomic mass is 10.2. The monoisotopic (exact) mass is 280 g/mol. The maximum absolute atomic E-state index is 11.8. The summed E-state index contributed by atoms with van der Waals surface area (Å²) in [5, 5.41) is 0. The van der Waals surface area contributed by atoms with Crippen molar-refractivity contribution in [1.29, 1.82) is 0 Å². The van der Waals surface area contributed by atoms with Crippen LogP contribution in [-0.2, 0) is 4.79 Å². The van der Waals surface area contributed by atoms with Crippen LogP contribution < -0.4 is 15.2 Å². The Hall–Kier alpha value is -1.75. The average molecular weight is 280 g/mol. The van der Waals surface area contributed by atoms with Gasteiger partial charge in [0.05, 0.1) is 13.7 Å². The Kier molecular flexibility index (Phi) is 7.50. The predicted molar refractivity (Wildman–Crippen MR) is 79.0 cm³/mol. The number of nitrogens with zero attached hydrogens (tertiary/aromatic N) is 1. The molecule has 0 aromatic heterocycles. The Morgan fingerprint density at radius 2 is 1.85 bits per heavy atom. The Morgan fingerprint density at radius 1 is 1.20 bits per heavy atom. The fourth-order valence-electron chi connectivity index (χ4n) is 1.71. The molecule has 1 aromatic carbocycles. The molecule has 5 nitrogen and oxygen atoms in total. The molecule has 1 amide bonds. The van der Waals surface area contributed by atoms with Gasteiger partial charge in [-0.05, 0) is 43.7 Å². The highest BCUT2D eigenvalue weighted by Gasteiger charge is 2.07. The zero-order valence-electron chi connectivity index (χ0n) is 12.3. The topological polar surface area (TPSA) is 64.8 Å². The number of carbonyl (C=O) groups is 1. The van der Waals surface area contributed by atoms with Crippen molar-refractivity contribution in [2.24, 2.45) is 5.73 Å². The highest BCUT2D eigenvalue weighted by Crippen LogP contribution is 2.16. The van der Waals surface area contributed by atoms with Gasteiger partial charge in [0, 0.05) is 13.5 Å². The molecule has 0 aliphatic heterocycles. The highest BCUT2D eigenvalue weighted by atomic mass is 16.5. The Balaban J connectivity index is 2.23. The summed E-state index contributed by atoms with van der Waals surface area (Å²) in [6.07, 6.45) is 2.29. The number of benzene rings is 1. The largest absolute Gasteiger partial charge is 0.497 e. The van der Waals surface area contributed by atoms with E-state index in [2.05, 4.69) is 0 Å². The van der Waals surface area contributed by atoms with Gasteiger partial charge in [-0.15, -0.1) is 0 Å². The molecular weight excluding hydrogens is 256 g/mol. The van der Waals surface area contributed by atoms with Gasteiger partial charge in [0.2, 0.25) is 5.91 Å². The van der Waals surface area contributed by atoms with E-state index in [4.69, 9.17) is 15.2 Å². The SMILES string of the molecule is COc1ccc(OCCN(C)C(=O)CCCCN)cc1. The van der Waals surface area contributed by atoms with Crippen molar-refractivity contribution in [3.8, 4) is 11.5 Å². The highest BCUT2D eigenvalue weighted by molar-refractivity contribution is 5.75. The molecule has 2 N–H and O–H groups in total. The molecule has 0 unspecified atom stereocenters. The van der Waals surface area contributed by atoms with Gasteiger partial charge in [0.15, 0.2) is 0 Å². The number of hydrogen-bond acceptors (Lipinski definition) is 4. The van der Waals surface area contributed by atoms with E-state index >= 15 is 0 Å². The minimum absolute atomic E-state index is 0.136. The van der Waals surface area contributed by atoms with Crippen LogP contribution in [0.15, 0.2) is 24.3 Å². The molecule has 1 rings (SSSR count). The van der Waals surface area contributed by atoms with Crippen LogP contribution >= 0.6 is 0 Å². The van der Waals surface area contributed by atoms with Crippen molar-refractivity contribution in [3.05, 3.63) is 24.3 Å². The van der Waals surface area contributed by atoms with Crippen LogP contribution in [0.4, 0.5) is 0 Å². The number of likely N-dealkylation sites (N-methyl/N-ethyl adjacent to an activating group) is 1. The van der Waals surface area contributed by atoms with Crippen LogP contribution in [0, 0.1) is 0 Å². The zero-order chi connectivity index (χ0) is 14.8. The fraction of sp³-hybridized carbons (Fsp3) is 0.533. The molecule has 0 aliphatic rings. The van der Waals surface area contributed by atoms with Crippen LogP contribution in [-0.4, -0.2) is 44.7 Å². The lowest BCUT2D eigenvalue weighted by molar-refractivity contribution is -0.130. The average Bonchev–Trinajstić information content (AvgIpc) is 2.48. The molecule has 0 saturated carbocycles. The third-order valence-corrected chi connectivity index (χ3v) is 3.03. The van der Waals surface area contributed by atoms with Gasteiger partial charge >= 0.3 is 0 Å². The number of carbonyl (C=O) groups excluding carboxylic acids is 1. The molecular formula is C15H24N2O3. The second kappa shape index (κ2) is 9.20. The maximum Gasteiger partial charge on any atom is 0.222 e. The number of unbranched alkanes of at least 4 members (excludes halogenated alkanes) is 1. The first-order valence-electron chi connectivity index (χ1n) is 6.88. The summed E-state index contributed by atoms with van der Waals surface area (Å²) in [5.74, 6) is 1.70. The Bertz CT molecular complexity index is 393. The first-order valence-corrected chi connectivity index (χ1v) is 6.88. The minimum atomic E-state index is 0.136. The van der Waals surface area contributed by atoms with Gasteiger partial charge in [-0.3, -0.25) is 4.79 Å². The van der Waals surface area contributed by atoms with Crippen molar-refractivity contribution in [2.45, 2.75) is 19.3 Å². The first-order chi connectivity index (χ1) is 9.67. The van der Waals surface area contributed by atoms with E-state index in [1.807, 2.05) is 24.3 Å². The van der Waals surface area contributed by atoms with Gasteiger partial charge in [0.1, 0.15) is 18.1 Å².